The standard InChI is InChI=1S/C9H8FNO/c10-8-6-7(2-1-5-12)3-4-9(8)11/h3-4,6,12H,5,11H2. The fourth-order valence-electron chi connectivity index (χ4n) is 0.746. The van der Waals surface area contributed by atoms with E-state index in [9.17, 15) is 4.39 Å². The van der Waals surface area contributed by atoms with Crippen LogP contribution in [0, 0.1) is 17.7 Å². The van der Waals surface area contributed by atoms with Crippen molar-refractivity contribution in [1.29, 1.82) is 0 Å². The van der Waals surface area contributed by atoms with Crippen molar-refractivity contribution in [3.63, 3.8) is 0 Å². The second kappa shape index (κ2) is 3.74. The van der Waals surface area contributed by atoms with Gasteiger partial charge < -0.3 is 10.8 Å². The number of rotatable bonds is 0. The maximum absolute atomic E-state index is 12.8. The number of hydrogen-bond acceptors (Lipinski definition) is 2. The van der Waals surface area contributed by atoms with Crippen molar-refractivity contribution in [2.75, 3.05) is 12.3 Å². The number of aliphatic hydroxyl groups is 1. The molecule has 12 heavy (non-hydrogen) atoms. The molecule has 0 atom stereocenters. The molecule has 3 heteroatoms. The van der Waals surface area contributed by atoms with E-state index in [1.54, 1.807) is 6.07 Å². The van der Waals surface area contributed by atoms with Crippen molar-refractivity contribution in [3.05, 3.63) is 29.6 Å². The lowest BCUT2D eigenvalue weighted by Gasteiger charge is -1.95. The Balaban J connectivity index is 2.97. The average Bonchev–Trinajstić information content (AvgIpc) is 2.07. The van der Waals surface area contributed by atoms with Crippen LogP contribution in [0.3, 0.4) is 0 Å². The van der Waals surface area contributed by atoms with Crippen LogP contribution in [-0.4, -0.2) is 11.7 Å². The molecule has 0 aliphatic carbocycles. The first-order valence-electron chi connectivity index (χ1n) is 3.39. The van der Waals surface area contributed by atoms with Gasteiger partial charge in [0.05, 0.1) is 5.69 Å². The molecule has 0 aromatic heterocycles. The van der Waals surface area contributed by atoms with E-state index in [0.717, 1.165) is 0 Å². The van der Waals surface area contributed by atoms with Gasteiger partial charge in [0, 0.05) is 5.56 Å². The lowest BCUT2D eigenvalue weighted by molar-refractivity contribution is 0.350. The summed E-state index contributed by atoms with van der Waals surface area (Å²) in [6.45, 7) is -0.230. The van der Waals surface area contributed by atoms with Crippen LogP contribution in [0.25, 0.3) is 0 Å². The van der Waals surface area contributed by atoms with Crippen molar-refractivity contribution in [2.24, 2.45) is 0 Å². The summed E-state index contributed by atoms with van der Waals surface area (Å²) in [6.07, 6.45) is 0. The molecule has 0 saturated carbocycles. The summed E-state index contributed by atoms with van der Waals surface area (Å²) < 4.78 is 12.8. The van der Waals surface area contributed by atoms with Gasteiger partial charge in [-0.05, 0) is 18.2 Å². The second-order valence-electron chi connectivity index (χ2n) is 2.20. The Morgan fingerprint density at radius 2 is 2.25 bits per heavy atom. The molecule has 1 aromatic rings. The van der Waals surface area contributed by atoms with Gasteiger partial charge in [0.15, 0.2) is 0 Å². The summed E-state index contributed by atoms with van der Waals surface area (Å²) in [5, 5.41) is 8.36. The first-order valence-corrected chi connectivity index (χ1v) is 3.39. The van der Waals surface area contributed by atoms with E-state index in [0.29, 0.717) is 5.56 Å². The maximum atomic E-state index is 12.8. The summed E-state index contributed by atoms with van der Waals surface area (Å²) in [5.74, 6) is 4.49. The Morgan fingerprint density at radius 1 is 1.50 bits per heavy atom. The van der Waals surface area contributed by atoms with E-state index in [4.69, 9.17) is 10.8 Å². The van der Waals surface area contributed by atoms with E-state index in [2.05, 4.69) is 11.8 Å². The summed E-state index contributed by atoms with van der Waals surface area (Å²) in [4.78, 5) is 0. The Hall–Kier alpha value is -1.53. The van der Waals surface area contributed by atoms with Crippen molar-refractivity contribution in [3.8, 4) is 11.8 Å². The van der Waals surface area contributed by atoms with Crippen LogP contribution in [0.1, 0.15) is 5.56 Å². The van der Waals surface area contributed by atoms with Crippen molar-refractivity contribution < 1.29 is 9.50 Å². The lowest BCUT2D eigenvalue weighted by Crippen LogP contribution is -1.90. The highest BCUT2D eigenvalue weighted by molar-refractivity contribution is 5.46. The van der Waals surface area contributed by atoms with Crippen molar-refractivity contribution >= 4 is 5.69 Å². The average molecular weight is 165 g/mol. The molecule has 0 unspecified atom stereocenters. The summed E-state index contributed by atoms with van der Waals surface area (Å²) in [5.41, 5.74) is 5.86. The van der Waals surface area contributed by atoms with E-state index < -0.39 is 5.82 Å². The van der Waals surface area contributed by atoms with Gasteiger partial charge in [0.1, 0.15) is 12.4 Å². The number of nitrogen functional groups attached to an aromatic ring is 1. The van der Waals surface area contributed by atoms with E-state index in [-0.39, 0.29) is 12.3 Å². The van der Waals surface area contributed by atoms with Gasteiger partial charge >= 0.3 is 0 Å². The quantitative estimate of drug-likeness (QED) is 0.440. The molecule has 2 nitrogen and oxygen atoms in total. The number of nitrogens with two attached hydrogens (primary N) is 1. The molecular weight excluding hydrogens is 157 g/mol. The molecule has 3 N–H and O–H groups in total. The summed E-state index contributed by atoms with van der Waals surface area (Å²) >= 11 is 0. The van der Waals surface area contributed by atoms with Crippen LogP contribution in [-0.2, 0) is 0 Å². The van der Waals surface area contributed by atoms with Gasteiger partial charge in [-0.2, -0.15) is 0 Å². The first-order chi connectivity index (χ1) is 5.74. The maximum Gasteiger partial charge on any atom is 0.147 e. The third-order valence-electron chi connectivity index (χ3n) is 1.31. The number of anilines is 1. The highest BCUT2D eigenvalue weighted by Gasteiger charge is 1.96. The molecule has 0 fully saturated rings. The van der Waals surface area contributed by atoms with Gasteiger partial charge in [0.25, 0.3) is 0 Å². The van der Waals surface area contributed by atoms with E-state index >= 15 is 0 Å². The van der Waals surface area contributed by atoms with Crippen LogP contribution >= 0.6 is 0 Å². The molecule has 0 aliphatic heterocycles. The molecule has 0 saturated heterocycles. The molecular formula is C9H8FNO. The fraction of sp³-hybridized carbons (Fsp3) is 0.111. The van der Waals surface area contributed by atoms with Gasteiger partial charge in [-0.3, -0.25) is 0 Å². The number of halogens is 1. The zero-order chi connectivity index (χ0) is 8.97. The molecule has 0 aliphatic rings. The zero-order valence-corrected chi connectivity index (χ0v) is 6.34. The molecule has 0 spiro atoms. The topological polar surface area (TPSA) is 46.2 Å². The largest absolute Gasteiger partial charge is 0.396 e. The molecule has 0 radical (unpaired) electrons. The van der Waals surface area contributed by atoms with Gasteiger partial charge in [-0.15, -0.1) is 0 Å². The minimum absolute atomic E-state index is 0.101. The normalized spacial score (nSPS) is 8.83. The van der Waals surface area contributed by atoms with Crippen molar-refractivity contribution in [2.45, 2.75) is 0 Å². The minimum Gasteiger partial charge on any atom is -0.396 e. The number of aliphatic hydroxyl groups excluding tert-OH is 1. The third kappa shape index (κ3) is 1.97. The van der Waals surface area contributed by atoms with Gasteiger partial charge in [-0.1, -0.05) is 11.8 Å². The van der Waals surface area contributed by atoms with E-state index in [1.807, 2.05) is 0 Å². The highest BCUT2D eigenvalue weighted by atomic mass is 19.1. The van der Waals surface area contributed by atoms with Crippen LogP contribution in [0.2, 0.25) is 0 Å². The summed E-state index contributed by atoms with van der Waals surface area (Å²) in [6, 6.07) is 4.27. The smallest absolute Gasteiger partial charge is 0.147 e. The zero-order valence-electron chi connectivity index (χ0n) is 6.34. The Morgan fingerprint density at radius 3 is 2.83 bits per heavy atom. The molecule has 1 aromatic carbocycles. The van der Waals surface area contributed by atoms with Crippen molar-refractivity contribution in [1.82, 2.24) is 0 Å². The Bertz CT molecular complexity index is 338. The monoisotopic (exact) mass is 165 g/mol. The molecule has 0 heterocycles. The van der Waals surface area contributed by atoms with Crippen LogP contribution in [0.15, 0.2) is 18.2 Å². The molecule has 62 valence electrons. The van der Waals surface area contributed by atoms with Crippen LogP contribution in [0.5, 0.6) is 0 Å². The lowest BCUT2D eigenvalue weighted by atomic mass is 10.2. The second-order valence-corrected chi connectivity index (χ2v) is 2.20. The Kier molecular flexibility index (Phi) is 2.67. The summed E-state index contributed by atoms with van der Waals surface area (Å²) in [7, 11) is 0. The predicted molar refractivity (Wildman–Crippen MR) is 44.8 cm³/mol. The molecule has 1 rings (SSSR count). The minimum atomic E-state index is -0.486. The fourth-order valence-corrected chi connectivity index (χ4v) is 0.746. The van der Waals surface area contributed by atoms with Gasteiger partial charge in [0.2, 0.25) is 0 Å². The Labute approximate surface area is 69.8 Å². The van der Waals surface area contributed by atoms with Crippen LogP contribution in [0.4, 0.5) is 10.1 Å². The molecule has 0 amide bonds. The molecule has 0 bridgehead atoms. The number of benzene rings is 1. The van der Waals surface area contributed by atoms with E-state index in [1.165, 1.54) is 12.1 Å². The third-order valence-corrected chi connectivity index (χ3v) is 1.31. The van der Waals surface area contributed by atoms with Gasteiger partial charge in [-0.25, -0.2) is 4.39 Å². The SMILES string of the molecule is Nc1ccc(C#CCO)cc1F. The number of hydrogen-bond donors (Lipinski definition) is 2. The first kappa shape index (κ1) is 8.57. The highest BCUT2D eigenvalue weighted by Crippen LogP contribution is 2.10. The van der Waals surface area contributed by atoms with Crippen LogP contribution < -0.4 is 5.73 Å². The predicted octanol–water partition coefficient (Wildman–Crippen LogP) is 0.752.